The first-order valence-corrected chi connectivity index (χ1v) is 3.29. The minimum absolute atomic E-state index is 0.365. The minimum Gasteiger partial charge on any atom is -0.394 e. The van der Waals surface area contributed by atoms with Crippen LogP contribution in [0.3, 0.4) is 0 Å². The van der Waals surface area contributed by atoms with Crippen molar-refractivity contribution in [3.05, 3.63) is 18.5 Å². The average molecular weight is 173 g/mol. The largest absolute Gasteiger partial charge is 0.394 e. The highest BCUT2D eigenvalue weighted by Crippen LogP contribution is 1.71. The maximum Gasteiger partial charge on any atom is 0.100 e. The van der Waals surface area contributed by atoms with E-state index in [1.54, 1.807) is 18.5 Å². The van der Waals surface area contributed by atoms with E-state index in [2.05, 4.69) is 15.4 Å². The Kier molecular flexibility index (Phi) is 7.25. The molecule has 0 saturated heterocycles. The number of aliphatic hydroxyl groups is 3. The van der Waals surface area contributed by atoms with E-state index in [9.17, 15) is 0 Å². The molecule has 0 aliphatic heterocycles. The van der Waals surface area contributed by atoms with Gasteiger partial charge >= 0.3 is 0 Å². The Hall–Kier alpha value is -1.11. The van der Waals surface area contributed by atoms with Crippen LogP contribution in [-0.2, 0) is 0 Å². The zero-order valence-corrected chi connectivity index (χ0v) is 6.41. The van der Waals surface area contributed by atoms with Gasteiger partial charge in [0.05, 0.1) is 25.6 Å². The van der Waals surface area contributed by atoms with Crippen molar-refractivity contribution in [2.75, 3.05) is 13.2 Å². The molecule has 0 atom stereocenters. The normalized spacial score (nSPS) is 9.00. The summed E-state index contributed by atoms with van der Waals surface area (Å²) in [6, 6.07) is 1.72. The number of aromatic nitrogens is 3. The van der Waals surface area contributed by atoms with Gasteiger partial charge in [0.2, 0.25) is 0 Å². The molecule has 12 heavy (non-hydrogen) atoms. The zero-order chi connectivity index (χ0) is 9.23. The standard InChI is InChI=1S/C3H3N3.C3H8O3/c1-2-4-6-5-3-1;4-1-3(6)2-5/h1-3H;3-6H,1-2H2. The van der Waals surface area contributed by atoms with Crippen molar-refractivity contribution in [3.8, 4) is 0 Å². The third-order valence-electron chi connectivity index (χ3n) is 0.830. The first-order valence-electron chi connectivity index (χ1n) is 3.29. The van der Waals surface area contributed by atoms with Gasteiger partial charge in [0.25, 0.3) is 0 Å². The lowest BCUT2D eigenvalue weighted by Gasteiger charge is -1.96. The second-order valence-electron chi connectivity index (χ2n) is 1.83. The molecule has 68 valence electrons. The van der Waals surface area contributed by atoms with Gasteiger partial charge in [-0.25, -0.2) is 0 Å². The van der Waals surface area contributed by atoms with Crippen molar-refractivity contribution in [2.24, 2.45) is 0 Å². The van der Waals surface area contributed by atoms with Crippen LogP contribution < -0.4 is 0 Å². The second-order valence-corrected chi connectivity index (χ2v) is 1.83. The summed E-state index contributed by atoms with van der Waals surface area (Å²) in [4.78, 5) is 0. The Bertz CT molecular complexity index is 142. The van der Waals surface area contributed by atoms with Crippen molar-refractivity contribution in [1.82, 2.24) is 15.4 Å². The smallest absolute Gasteiger partial charge is 0.100 e. The van der Waals surface area contributed by atoms with Crippen LogP contribution >= 0.6 is 0 Å². The van der Waals surface area contributed by atoms with Gasteiger partial charge in [0.1, 0.15) is 6.10 Å². The van der Waals surface area contributed by atoms with E-state index in [0.717, 1.165) is 0 Å². The molecular weight excluding hydrogens is 162 g/mol. The molecular formula is C6H11N3O3. The summed E-state index contributed by atoms with van der Waals surface area (Å²) >= 11 is 0. The number of aliphatic hydroxyl groups excluding tert-OH is 3. The molecule has 1 heterocycles. The van der Waals surface area contributed by atoms with Crippen molar-refractivity contribution in [2.45, 2.75) is 6.10 Å². The minimum atomic E-state index is -0.954. The van der Waals surface area contributed by atoms with Gasteiger partial charge in [-0.15, -0.1) is 10.2 Å². The molecule has 0 aromatic carbocycles. The first kappa shape index (κ1) is 10.9. The summed E-state index contributed by atoms with van der Waals surface area (Å²) in [5.41, 5.74) is 0. The van der Waals surface area contributed by atoms with Crippen LogP contribution in [0.15, 0.2) is 18.5 Å². The fourth-order valence-electron chi connectivity index (χ4n) is 0.263. The van der Waals surface area contributed by atoms with Crippen LogP contribution in [0.2, 0.25) is 0 Å². The molecule has 1 aromatic rings. The molecule has 1 rings (SSSR count). The molecule has 3 N–H and O–H groups in total. The van der Waals surface area contributed by atoms with Crippen molar-refractivity contribution >= 4 is 0 Å². The molecule has 0 fully saturated rings. The lowest BCUT2D eigenvalue weighted by atomic mass is 10.4. The third-order valence-corrected chi connectivity index (χ3v) is 0.830. The Labute approximate surface area is 69.5 Å². The molecule has 6 nitrogen and oxygen atoms in total. The Morgan fingerprint density at radius 1 is 1.08 bits per heavy atom. The number of rotatable bonds is 2. The fourth-order valence-corrected chi connectivity index (χ4v) is 0.263. The van der Waals surface area contributed by atoms with E-state index >= 15 is 0 Å². The second kappa shape index (κ2) is 7.99. The number of hydrogen-bond donors (Lipinski definition) is 3. The van der Waals surface area contributed by atoms with Gasteiger partial charge in [-0.05, 0) is 11.3 Å². The van der Waals surface area contributed by atoms with Crippen LogP contribution in [0.5, 0.6) is 0 Å². The molecule has 6 heteroatoms. The highest BCUT2D eigenvalue weighted by molar-refractivity contribution is 4.69. The van der Waals surface area contributed by atoms with Crippen LogP contribution in [-0.4, -0.2) is 50.0 Å². The monoisotopic (exact) mass is 173 g/mol. The molecule has 0 radical (unpaired) electrons. The SMILES string of the molecule is OCC(O)CO.c1cnnnc1. The van der Waals surface area contributed by atoms with Gasteiger partial charge in [-0.2, -0.15) is 0 Å². The van der Waals surface area contributed by atoms with E-state index in [1.165, 1.54) is 0 Å². The van der Waals surface area contributed by atoms with Gasteiger partial charge in [0.15, 0.2) is 0 Å². The maximum absolute atomic E-state index is 8.17. The van der Waals surface area contributed by atoms with E-state index in [-0.39, 0.29) is 13.2 Å². The van der Waals surface area contributed by atoms with Gasteiger partial charge in [-0.1, -0.05) is 0 Å². The highest BCUT2D eigenvalue weighted by atomic mass is 16.3. The fraction of sp³-hybridized carbons (Fsp3) is 0.500. The van der Waals surface area contributed by atoms with Gasteiger partial charge in [0, 0.05) is 0 Å². The number of nitrogens with zero attached hydrogens (tertiary/aromatic N) is 3. The first-order chi connectivity index (χ1) is 5.81. The van der Waals surface area contributed by atoms with Crippen LogP contribution in [0.25, 0.3) is 0 Å². The summed E-state index contributed by atoms with van der Waals surface area (Å²) in [7, 11) is 0. The topological polar surface area (TPSA) is 99.4 Å². The van der Waals surface area contributed by atoms with E-state index in [1.807, 2.05) is 0 Å². The molecule has 0 spiro atoms. The lowest BCUT2D eigenvalue weighted by molar-refractivity contribution is 0.0450. The predicted molar refractivity (Wildman–Crippen MR) is 40.0 cm³/mol. The van der Waals surface area contributed by atoms with Crippen LogP contribution in [0.1, 0.15) is 0 Å². The quantitative estimate of drug-likeness (QED) is 0.488. The van der Waals surface area contributed by atoms with Crippen molar-refractivity contribution in [3.63, 3.8) is 0 Å². The molecule has 0 aliphatic rings. The lowest BCUT2D eigenvalue weighted by Crippen LogP contribution is -2.15. The maximum atomic E-state index is 8.17. The predicted octanol–water partition coefficient (Wildman–Crippen LogP) is -1.80. The highest BCUT2D eigenvalue weighted by Gasteiger charge is 1.93. The zero-order valence-electron chi connectivity index (χ0n) is 6.41. The summed E-state index contributed by atoms with van der Waals surface area (Å²) in [6.07, 6.45) is 2.20. The Morgan fingerprint density at radius 2 is 1.58 bits per heavy atom. The van der Waals surface area contributed by atoms with E-state index in [0.29, 0.717) is 0 Å². The summed E-state index contributed by atoms with van der Waals surface area (Å²) in [6.45, 7) is -0.729. The molecule has 0 unspecified atom stereocenters. The van der Waals surface area contributed by atoms with Crippen LogP contribution in [0.4, 0.5) is 0 Å². The molecule has 1 aromatic heterocycles. The van der Waals surface area contributed by atoms with E-state index in [4.69, 9.17) is 15.3 Å². The Morgan fingerprint density at radius 3 is 1.67 bits per heavy atom. The summed E-state index contributed by atoms with van der Waals surface area (Å²) < 4.78 is 0. The van der Waals surface area contributed by atoms with E-state index < -0.39 is 6.10 Å². The van der Waals surface area contributed by atoms with Gasteiger partial charge < -0.3 is 15.3 Å². The summed E-state index contributed by atoms with van der Waals surface area (Å²) in [5.74, 6) is 0. The molecule has 0 bridgehead atoms. The molecule has 0 amide bonds. The average Bonchev–Trinajstić information content (AvgIpc) is 2.20. The number of hydrogen-bond acceptors (Lipinski definition) is 6. The van der Waals surface area contributed by atoms with Crippen LogP contribution in [0, 0.1) is 0 Å². The Balaban J connectivity index is 0.000000202. The third kappa shape index (κ3) is 7.00. The molecule has 0 aliphatic carbocycles. The van der Waals surface area contributed by atoms with Crippen molar-refractivity contribution < 1.29 is 15.3 Å². The summed E-state index contributed by atoms with van der Waals surface area (Å²) in [5, 5.41) is 34.1. The molecule has 0 saturated carbocycles. The van der Waals surface area contributed by atoms with Gasteiger partial charge in [-0.3, -0.25) is 0 Å². The van der Waals surface area contributed by atoms with Crippen molar-refractivity contribution in [1.29, 1.82) is 0 Å².